The van der Waals surface area contributed by atoms with Gasteiger partial charge in [0.1, 0.15) is 0 Å². The van der Waals surface area contributed by atoms with E-state index < -0.39 is 0 Å². The molecule has 0 bridgehead atoms. The van der Waals surface area contributed by atoms with Gasteiger partial charge in [-0.3, -0.25) is 4.79 Å². The Labute approximate surface area is 121 Å². The van der Waals surface area contributed by atoms with Crippen molar-refractivity contribution in [3.8, 4) is 5.69 Å². The Balaban J connectivity index is 2.51. The van der Waals surface area contributed by atoms with Gasteiger partial charge in [-0.1, -0.05) is 22.0 Å². The first kappa shape index (κ1) is 13.9. The van der Waals surface area contributed by atoms with Crippen LogP contribution in [-0.4, -0.2) is 17.0 Å². The molecule has 0 saturated carbocycles. The number of nitrogens with one attached hydrogen (secondary N) is 1. The number of halogens is 1. The molecule has 1 aromatic heterocycles. The average Bonchev–Trinajstić information content (AvgIpc) is 2.65. The molecule has 0 atom stereocenters. The fraction of sp³-hybridized carbons (Fsp3) is 0.267. The second-order valence-corrected chi connectivity index (χ2v) is 5.38. The van der Waals surface area contributed by atoms with E-state index in [0.29, 0.717) is 6.54 Å². The molecule has 0 radical (unpaired) electrons. The largest absolute Gasteiger partial charge is 0.352 e. The molecule has 0 aliphatic heterocycles. The molecule has 0 saturated heterocycles. The van der Waals surface area contributed by atoms with Crippen molar-refractivity contribution in [1.29, 1.82) is 0 Å². The molecule has 0 fully saturated rings. The van der Waals surface area contributed by atoms with E-state index >= 15 is 0 Å². The molecule has 1 aromatic carbocycles. The van der Waals surface area contributed by atoms with Crippen LogP contribution in [0.4, 0.5) is 0 Å². The quantitative estimate of drug-likeness (QED) is 0.921. The SMILES string of the molecule is CCNC(=O)c1cc(C)n(-c2cccc(Br)c2)c1C. The van der Waals surface area contributed by atoms with Crippen molar-refractivity contribution in [2.24, 2.45) is 0 Å². The van der Waals surface area contributed by atoms with Crippen molar-refractivity contribution < 1.29 is 4.79 Å². The van der Waals surface area contributed by atoms with Crippen molar-refractivity contribution in [3.05, 3.63) is 51.8 Å². The fourth-order valence-corrected chi connectivity index (χ4v) is 2.65. The third-order valence-corrected chi connectivity index (χ3v) is 3.57. The molecule has 2 aromatic rings. The Morgan fingerprint density at radius 3 is 2.68 bits per heavy atom. The molecule has 0 aliphatic rings. The number of carbonyl (C=O) groups excluding carboxylic acids is 1. The summed E-state index contributed by atoms with van der Waals surface area (Å²) in [6.07, 6.45) is 0. The summed E-state index contributed by atoms with van der Waals surface area (Å²) in [6, 6.07) is 9.99. The van der Waals surface area contributed by atoms with Crippen molar-refractivity contribution in [2.45, 2.75) is 20.8 Å². The number of rotatable bonds is 3. The summed E-state index contributed by atoms with van der Waals surface area (Å²) in [5, 5.41) is 2.84. The summed E-state index contributed by atoms with van der Waals surface area (Å²) in [6.45, 7) is 6.54. The van der Waals surface area contributed by atoms with Crippen LogP contribution in [0.15, 0.2) is 34.8 Å². The Kier molecular flexibility index (Phi) is 4.10. The van der Waals surface area contributed by atoms with E-state index in [-0.39, 0.29) is 5.91 Å². The van der Waals surface area contributed by atoms with Crippen LogP contribution in [0.3, 0.4) is 0 Å². The number of aromatic nitrogens is 1. The summed E-state index contributed by atoms with van der Waals surface area (Å²) < 4.78 is 3.12. The number of nitrogens with zero attached hydrogens (tertiary/aromatic N) is 1. The van der Waals surface area contributed by atoms with Gasteiger partial charge in [0.15, 0.2) is 0 Å². The summed E-state index contributed by atoms with van der Waals surface area (Å²) in [4.78, 5) is 12.0. The van der Waals surface area contributed by atoms with Gasteiger partial charge in [-0.05, 0) is 45.0 Å². The van der Waals surface area contributed by atoms with Crippen LogP contribution in [0, 0.1) is 13.8 Å². The molecule has 100 valence electrons. The van der Waals surface area contributed by atoms with Crippen LogP contribution in [0.5, 0.6) is 0 Å². The highest BCUT2D eigenvalue weighted by atomic mass is 79.9. The third kappa shape index (κ3) is 2.73. The van der Waals surface area contributed by atoms with Crippen LogP contribution in [0.1, 0.15) is 28.7 Å². The molecule has 0 aliphatic carbocycles. The molecule has 0 unspecified atom stereocenters. The second-order valence-electron chi connectivity index (χ2n) is 4.46. The maximum atomic E-state index is 12.0. The van der Waals surface area contributed by atoms with E-state index in [9.17, 15) is 4.79 Å². The van der Waals surface area contributed by atoms with Crippen molar-refractivity contribution in [3.63, 3.8) is 0 Å². The zero-order valence-corrected chi connectivity index (χ0v) is 12.9. The van der Waals surface area contributed by atoms with Crippen molar-refractivity contribution in [1.82, 2.24) is 9.88 Å². The van der Waals surface area contributed by atoms with E-state index in [2.05, 4.69) is 25.8 Å². The maximum Gasteiger partial charge on any atom is 0.253 e. The van der Waals surface area contributed by atoms with E-state index in [0.717, 1.165) is 27.1 Å². The van der Waals surface area contributed by atoms with E-state index in [1.54, 1.807) is 0 Å². The zero-order valence-electron chi connectivity index (χ0n) is 11.3. The monoisotopic (exact) mass is 320 g/mol. The van der Waals surface area contributed by atoms with Crippen LogP contribution >= 0.6 is 15.9 Å². The molecule has 19 heavy (non-hydrogen) atoms. The van der Waals surface area contributed by atoms with Crippen LogP contribution in [0.2, 0.25) is 0 Å². The Morgan fingerprint density at radius 1 is 1.32 bits per heavy atom. The maximum absolute atomic E-state index is 12.0. The lowest BCUT2D eigenvalue weighted by Crippen LogP contribution is -2.23. The lowest BCUT2D eigenvalue weighted by molar-refractivity contribution is 0.0955. The second kappa shape index (κ2) is 5.61. The number of benzene rings is 1. The highest BCUT2D eigenvalue weighted by Gasteiger charge is 2.15. The molecular formula is C15H17BrN2O. The van der Waals surface area contributed by atoms with Gasteiger partial charge in [-0.25, -0.2) is 0 Å². The smallest absolute Gasteiger partial charge is 0.253 e. The van der Waals surface area contributed by atoms with Gasteiger partial charge in [-0.2, -0.15) is 0 Å². The highest BCUT2D eigenvalue weighted by molar-refractivity contribution is 9.10. The van der Waals surface area contributed by atoms with Gasteiger partial charge >= 0.3 is 0 Å². The number of aryl methyl sites for hydroxylation is 1. The topological polar surface area (TPSA) is 34.0 Å². The van der Waals surface area contributed by atoms with E-state index in [1.165, 1.54) is 0 Å². The predicted octanol–water partition coefficient (Wildman–Crippen LogP) is 3.61. The van der Waals surface area contributed by atoms with Crippen molar-refractivity contribution in [2.75, 3.05) is 6.54 Å². The van der Waals surface area contributed by atoms with Crippen LogP contribution in [-0.2, 0) is 0 Å². The summed E-state index contributed by atoms with van der Waals surface area (Å²) >= 11 is 3.48. The zero-order chi connectivity index (χ0) is 14.0. The lowest BCUT2D eigenvalue weighted by Gasteiger charge is -2.10. The molecule has 2 rings (SSSR count). The fourth-order valence-electron chi connectivity index (χ4n) is 2.26. The number of hydrogen-bond acceptors (Lipinski definition) is 1. The van der Waals surface area contributed by atoms with Gasteiger partial charge < -0.3 is 9.88 Å². The normalized spacial score (nSPS) is 10.5. The van der Waals surface area contributed by atoms with Gasteiger partial charge in [0, 0.05) is 28.1 Å². The Hall–Kier alpha value is -1.55. The molecule has 1 amide bonds. The predicted molar refractivity (Wildman–Crippen MR) is 81.0 cm³/mol. The van der Waals surface area contributed by atoms with Crippen LogP contribution < -0.4 is 5.32 Å². The Bertz CT molecular complexity index is 617. The van der Waals surface area contributed by atoms with Crippen molar-refractivity contribution >= 4 is 21.8 Å². The number of hydrogen-bond donors (Lipinski definition) is 1. The summed E-state index contributed by atoms with van der Waals surface area (Å²) in [7, 11) is 0. The minimum absolute atomic E-state index is 0.0168. The molecule has 4 heteroatoms. The van der Waals surface area contributed by atoms with Gasteiger partial charge in [0.25, 0.3) is 5.91 Å². The first-order valence-corrected chi connectivity index (χ1v) is 7.07. The Morgan fingerprint density at radius 2 is 2.05 bits per heavy atom. The van der Waals surface area contributed by atoms with Gasteiger partial charge in [0.05, 0.1) is 5.56 Å². The van der Waals surface area contributed by atoms with Gasteiger partial charge in [-0.15, -0.1) is 0 Å². The third-order valence-electron chi connectivity index (χ3n) is 3.08. The first-order chi connectivity index (χ1) is 9.04. The summed E-state index contributed by atoms with van der Waals surface area (Å²) in [5.74, 6) is -0.0168. The highest BCUT2D eigenvalue weighted by Crippen LogP contribution is 2.23. The standard InChI is InChI=1S/C15H17BrN2O/c1-4-17-15(19)14-8-10(2)18(11(14)3)13-7-5-6-12(16)9-13/h5-9H,4H2,1-3H3,(H,17,19). The average molecular weight is 321 g/mol. The summed E-state index contributed by atoms with van der Waals surface area (Å²) in [5.41, 5.74) is 3.80. The molecular weight excluding hydrogens is 304 g/mol. The van der Waals surface area contributed by atoms with Gasteiger partial charge in [0.2, 0.25) is 0 Å². The first-order valence-electron chi connectivity index (χ1n) is 6.27. The molecule has 1 heterocycles. The minimum Gasteiger partial charge on any atom is -0.352 e. The van der Waals surface area contributed by atoms with E-state index in [1.807, 2.05) is 51.1 Å². The molecule has 1 N–H and O–H groups in total. The minimum atomic E-state index is -0.0168. The van der Waals surface area contributed by atoms with Crippen LogP contribution in [0.25, 0.3) is 5.69 Å². The number of carbonyl (C=O) groups is 1. The van der Waals surface area contributed by atoms with E-state index in [4.69, 9.17) is 0 Å². The number of amides is 1. The lowest BCUT2D eigenvalue weighted by atomic mass is 10.2. The molecule has 0 spiro atoms. The molecule has 3 nitrogen and oxygen atoms in total.